The van der Waals surface area contributed by atoms with Gasteiger partial charge in [0.05, 0.1) is 26.9 Å². The Morgan fingerprint density at radius 3 is 1.98 bits per heavy atom. The summed E-state index contributed by atoms with van der Waals surface area (Å²) in [6.45, 7) is 9.82. The predicted octanol–water partition coefficient (Wildman–Crippen LogP) is 5.27. The van der Waals surface area contributed by atoms with Crippen molar-refractivity contribution in [3.05, 3.63) is 54.9 Å². The van der Waals surface area contributed by atoms with Crippen LogP contribution in [0.15, 0.2) is 55.0 Å². The summed E-state index contributed by atoms with van der Waals surface area (Å²) < 4.78 is 1.56. The zero-order chi connectivity index (χ0) is 41.3. The number of benzene rings is 1. The van der Waals surface area contributed by atoms with Crippen LogP contribution < -0.4 is 19.7 Å². The summed E-state index contributed by atoms with van der Waals surface area (Å²) in [7, 11) is 1.94. The molecule has 8 rings (SSSR count). The number of hydrogen-bond acceptors (Lipinski definition) is 13. The van der Waals surface area contributed by atoms with E-state index in [0.29, 0.717) is 10.1 Å². The number of carboxylic acids is 2. The van der Waals surface area contributed by atoms with Crippen molar-refractivity contribution in [2.75, 3.05) is 57.8 Å². The Bertz CT molecular complexity index is 2140. The van der Waals surface area contributed by atoms with E-state index in [2.05, 4.69) is 19.8 Å². The zero-order valence-electron chi connectivity index (χ0n) is 33.5. The van der Waals surface area contributed by atoms with E-state index in [1.54, 1.807) is 11.8 Å². The van der Waals surface area contributed by atoms with E-state index in [1.165, 1.54) is 102 Å². The third kappa shape index (κ3) is 10.6. The molecule has 0 aliphatic carbocycles. The summed E-state index contributed by atoms with van der Waals surface area (Å²) in [4.78, 5) is 67.5. The number of carbonyl (C=O) groups is 3. The number of carbonyl (C=O) groups excluding carboxylic acids is 1. The molecule has 312 valence electrons. The molecule has 0 bridgehead atoms. The molecule has 1 aromatic carbocycles. The van der Waals surface area contributed by atoms with Gasteiger partial charge in [-0.2, -0.15) is 0 Å². The van der Waals surface area contributed by atoms with E-state index in [9.17, 15) is 24.3 Å². The summed E-state index contributed by atoms with van der Waals surface area (Å²) >= 11 is 8.64. The molecule has 3 fully saturated rings. The quantitative estimate of drug-likeness (QED) is 0.365. The normalized spacial score (nSPS) is 21.4. The minimum absolute atomic E-state index is 0.0404. The van der Waals surface area contributed by atoms with Gasteiger partial charge in [0, 0.05) is 64.1 Å². The Kier molecular flexibility index (Phi) is 15.3. The Morgan fingerprint density at radius 2 is 1.41 bits per heavy atom. The lowest BCUT2D eigenvalue weighted by molar-refractivity contribution is -0.140. The molecule has 0 atom stereocenters. The molecule has 2 N–H and O–H groups in total. The summed E-state index contributed by atoms with van der Waals surface area (Å²) in [5.41, 5.74) is 1.23. The smallest absolute Gasteiger partial charge is 0.323 e. The van der Waals surface area contributed by atoms with Crippen LogP contribution in [-0.2, 0) is 20.9 Å². The average Bonchev–Trinajstić information content (AvgIpc) is 3.57. The maximum Gasteiger partial charge on any atom is 0.323 e. The van der Waals surface area contributed by atoms with Crippen molar-refractivity contribution in [3.8, 4) is 0 Å². The van der Waals surface area contributed by atoms with E-state index < -0.39 is 36.5 Å². The highest BCUT2D eigenvalue weighted by Crippen LogP contribution is 2.45. The number of aliphatic imine (C=N–C) groups is 2. The number of hydrogen-bond donors (Lipinski definition) is 2. The molecular formula is C41H53N7O6S4. The number of thiazole rings is 1. The van der Waals surface area contributed by atoms with E-state index in [4.69, 9.17) is 17.3 Å². The van der Waals surface area contributed by atoms with Gasteiger partial charge < -0.3 is 24.9 Å². The van der Waals surface area contributed by atoms with Crippen LogP contribution >= 0.6 is 47.1 Å². The molecule has 3 saturated heterocycles. The molecule has 0 unspecified atom stereocenters. The van der Waals surface area contributed by atoms with Gasteiger partial charge in [-0.25, -0.2) is 0 Å². The number of aromatic nitrogens is 1. The first-order valence-corrected chi connectivity index (χ1v) is 23.0. The number of carboxylic acid groups (broad SMARTS) is 2. The third-order valence-corrected chi connectivity index (χ3v) is 14.6. The molecule has 6 aliphatic heterocycles. The van der Waals surface area contributed by atoms with Gasteiger partial charge in [0.15, 0.2) is 0 Å². The second-order valence-corrected chi connectivity index (χ2v) is 18.8. The van der Waals surface area contributed by atoms with Crippen LogP contribution in [0.25, 0.3) is 10.5 Å². The summed E-state index contributed by atoms with van der Waals surface area (Å²) in [6.07, 6.45) is 15.2. The van der Waals surface area contributed by atoms with Crippen LogP contribution in [0.1, 0.15) is 78.1 Å². The summed E-state index contributed by atoms with van der Waals surface area (Å²) in [5, 5.41) is 19.5. The third-order valence-electron chi connectivity index (χ3n) is 10.6. The lowest BCUT2D eigenvalue weighted by Crippen LogP contribution is -2.37. The second-order valence-electron chi connectivity index (χ2n) is 15.1. The molecule has 1 amide bonds. The van der Waals surface area contributed by atoms with E-state index in [1.807, 2.05) is 56.1 Å². The Hall–Kier alpha value is -3.93. The van der Waals surface area contributed by atoms with Gasteiger partial charge >= 0.3 is 11.9 Å². The number of anilines is 1. The van der Waals surface area contributed by atoms with Gasteiger partial charge in [0.25, 0.3) is 11.5 Å². The zero-order valence-corrected chi connectivity index (χ0v) is 36.7. The molecule has 17 heteroatoms. The standard InChI is InChI=1S/C23H21N3O6S4.2C9H16N2/c1-11(2)12(8-15-24(3)13-6-4-5-7-14(13)34-15)18-20(31)25(9-16(27)28)22(35-18)19-21(32)26(10-17(29)30)23(33)36-19;2*1-2-5-9-10-6-4-8-11(9)7-3-1/h4-8,11H,9-10H2,1-3H3,(H,27,28)(H,29,30);2*1-8H2/b15-8+,18-12-,22-19+;;. The second kappa shape index (κ2) is 20.4. The largest absolute Gasteiger partial charge is 0.480 e. The number of thioether (sulfide) groups is 2. The summed E-state index contributed by atoms with van der Waals surface area (Å²) in [5.74, 6) is -0.430. The lowest BCUT2D eigenvalue weighted by Gasteiger charge is -2.27. The number of amides is 1. The topological polar surface area (TPSA) is 151 Å². The van der Waals surface area contributed by atoms with E-state index in [-0.39, 0.29) is 19.8 Å². The highest BCUT2D eigenvalue weighted by Gasteiger charge is 2.36. The van der Waals surface area contributed by atoms with Crippen molar-refractivity contribution in [2.45, 2.75) is 89.5 Å². The van der Waals surface area contributed by atoms with Crippen LogP contribution in [0.2, 0.25) is 0 Å². The van der Waals surface area contributed by atoms with Gasteiger partial charge in [0.1, 0.15) is 27.0 Å². The molecule has 2 aromatic rings. The van der Waals surface area contributed by atoms with Crippen LogP contribution in [0.5, 0.6) is 0 Å². The molecule has 58 heavy (non-hydrogen) atoms. The van der Waals surface area contributed by atoms with Crippen molar-refractivity contribution in [1.82, 2.24) is 19.3 Å². The number of para-hydroxylation sites is 1. The van der Waals surface area contributed by atoms with Gasteiger partial charge in [-0.05, 0) is 68.2 Å². The fraction of sp³-hybridized carbons (Fsp3) is 0.537. The van der Waals surface area contributed by atoms with Crippen molar-refractivity contribution in [3.63, 3.8) is 0 Å². The fourth-order valence-corrected chi connectivity index (χ4v) is 11.4. The molecule has 7 heterocycles. The molecular weight excluding hydrogens is 815 g/mol. The fourth-order valence-electron chi connectivity index (χ4n) is 7.59. The van der Waals surface area contributed by atoms with Crippen molar-refractivity contribution >= 4 is 97.1 Å². The number of rotatable bonds is 6. The average molecular weight is 868 g/mol. The first kappa shape index (κ1) is 43.6. The maximum atomic E-state index is 13.5. The number of thiocarbonyl (C=S) groups is 1. The first-order valence-electron chi connectivity index (χ1n) is 20.2. The van der Waals surface area contributed by atoms with Crippen LogP contribution in [-0.4, -0.2) is 116 Å². The van der Waals surface area contributed by atoms with Crippen LogP contribution in [0.3, 0.4) is 0 Å². The number of aliphatic carboxylic acids is 2. The first-order chi connectivity index (χ1) is 27.9. The van der Waals surface area contributed by atoms with Gasteiger partial charge in [-0.15, -0.1) is 11.3 Å². The monoisotopic (exact) mass is 867 g/mol. The molecule has 6 aliphatic rings. The number of nitrogens with zero attached hydrogens (tertiary/aromatic N) is 7. The minimum Gasteiger partial charge on any atom is -0.480 e. The van der Waals surface area contributed by atoms with Crippen LogP contribution in [0.4, 0.5) is 5.69 Å². The molecule has 1 aromatic heterocycles. The Morgan fingerprint density at radius 1 is 0.828 bits per heavy atom. The van der Waals surface area contributed by atoms with Gasteiger partial charge in [-0.3, -0.25) is 38.6 Å². The van der Waals surface area contributed by atoms with Crippen molar-refractivity contribution in [2.24, 2.45) is 15.9 Å². The maximum absolute atomic E-state index is 13.5. The Balaban J connectivity index is 0.000000206. The molecule has 0 saturated carbocycles. The van der Waals surface area contributed by atoms with Crippen LogP contribution in [0, 0.1) is 5.92 Å². The number of allylic oxidation sites excluding steroid dienone is 1. The highest BCUT2D eigenvalue weighted by molar-refractivity contribution is 8.30. The minimum atomic E-state index is -1.24. The molecule has 0 spiro atoms. The van der Waals surface area contributed by atoms with Gasteiger partial charge in [-0.1, -0.05) is 74.6 Å². The number of fused-ring (bicyclic) bond motifs is 3. The highest BCUT2D eigenvalue weighted by atomic mass is 32.2. The number of amidine groups is 2. The predicted molar refractivity (Wildman–Crippen MR) is 239 cm³/mol. The summed E-state index contributed by atoms with van der Waals surface area (Å²) in [6, 6.07) is 7.93. The molecule has 0 radical (unpaired) electrons. The SMILES string of the molecule is C1CCC2=NCCCN2CC1.C1CCC2=NCCCN2CC1.CC(C)C(/C=C1/Sc2ccccc2N1C)=c1\s/c(=C2/SC(=S)N(CC(=O)O)C2=O)n(CC(=O)O)c1=O. The van der Waals surface area contributed by atoms with Crippen molar-refractivity contribution in [1.29, 1.82) is 0 Å². The van der Waals surface area contributed by atoms with Crippen molar-refractivity contribution < 1.29 is 24.6 Å². The molecule has 13 nitrogen and oxygen atoms in total. The van der Waals surface area contributed by atoms with Gasteiger partial charge in [0.2, 0.25) is 0 Å². The Labute approximate surface area is 357 Å². The van der Waals surface area contributed by atoms with E-state index >= 15 is 0 Å². The van der Waals surface area contributed by atoms with E-state index in [0.717, 1.165) is 61.3 Å². The lowest BCUT2D eigenvalue weighted by atomic mass is 10.0.